The van der Waals surface area contributed by atoms with E-state index in [0.29, 0.717) is 0 Å². The minimum Gasteiger partial charge on any atom is -0.505 e. The highest BCUT2D eigenvalue weighted by atomic mass is 19.4. The van der Waals surface area contributed by atoms with Crippen molar-refractivity contribution in [3.05, 3.63) is 59.0 Å². The number of carbonyl (C=O) groups is 3. The van der Waals surface area contributed by atoms with Crippen LogP contribution in [0.15, 0.2) is 36.4 Å². The number of hydrogen-bond donors (Lipinski definition) is 3. The minimum atomic E-state index is -4.91. The van der Waals surface area contributed by atoms with Crippen LogP contribution in [0, 0.1) is 18.7 Å². The van der Waals surface area contributed by atoms with E-state index in [-0.39, 0.29) is 34.3 Å². The van der Waals surface area contributed by atoms with E-state index in [1.807, 2.05) is 0 Å². The van der Waals surface area contributed by atoms with Crippen LogP contribution in [0.4, 0.5) is 17.6 Å². The van der Waals surface area contributed by atoms with Gasteiger partial charge in [0.2, 0.25) is 5.91 Å². The van der Waals surface area contributed by atoms with Crippen molar-refractivity contribution in [2.24, 2.45) is 5.92 Å². The number of benzene rings is 2. The molecule has 3 N–H and O–H groups in total. The molecule has 1 heterocycles. The first-order valence-electron chi connectivity index (χ1n) is 10.2. The fourth-order valence-electron chi connectivity index (χ4n) is 3.51. The number of fused-ring (bicyclic) bond motifs is 1. The third-order valence-corrected chi connectivity index (χ3v) is 5.32. The van der Waals surface area contributed by atoms with Gasteiger partial charge in [0, 0.05) is 23.2 Å². The van der Waals surface area contributed by atoms with Gasteiger partial charge in [-0.3, -0.25) is 19.0 Å². The van der Waals surface area contributed by atoms with E-state index in [4.69, 9.17) is 5.11 Å². The number of nitrogens with one attached hydrogen (secondary N) is 1. The zero-order chi connectivity index (χ0) is 26.1. The summed E-state index contributed by atoms with van der Waals surface area (Å²) in [6, 6.07) is 6.40. The van der Waals surface area contributed by atoms with Crippen LogP contribution in [0.2, 0.25) is 0 Å². The molecular formula is C23H20F4N2O6. The van der Waals surface area contributed by atoms with Gasteiger partial charge in [-0.25, -0.2) is 4.39 Å². The maximum atomic E-state index is 14.9. The van der Waals surface area contributed by atoms with Crippen LogP contribution in [0.3, 0.4) is 0 Å². The molecule has 3 aromatic rings. The number of carbonyl (C=O) groups excluding carboxylic acids is 2. The first-order chi connectivity index (χ1) is 16.3. The van der Waals surface area contributed by atoms with Gasteiger partial charge in [0.1, 0.15) is 5.75 Å². The Kier molecular flexibility index (Phi) is 7.04. The highest BCUT2D eigenvalue weighted by Gasteiger charge is 2.31. The number of rotatable bonds is 7. The Hall–Kier alpha value is -4.09. The molecule has 0 radical (unpaired) electrons. The van der Waals surface area contributed by atoms with Crippen molar-refractivity contribution in [2.75, 3.05) is 6.54 Å². The molecule has 0 fully saturated rings. The number of carboxylic acids is 1. The molecule has 186 valence electrons. The lowest BCUT2D eigenvalue weighted by Gasteiger charge is -2.11. The molecule has 2 aromatic carbocycles. The highest BCUT2D eigenvalue weighted by Crippen LogP contribution is 2.34. The average Bonchev–Trinajstić information content (AvgIpc) is 3.05. The van der Waals surface area contributed by atoms with Gasteiger partial charge in [-0.1, -0.05) is 6.92 Å². The SMILES string of the molecule is Cc1c(CC(=O)NCC(C)C(=O)O)c2c(F)c(O)ccc2n1C(=O)c1ccc(OC(F)(F)F)cc1. The first kappa shape index (κ1) is 25.5. The summed E-state index contributed by atoms with van der Waals surface area (Å²) in [6.45, 7) is 2.66. The van der Waals surface area contributed by atoms with Gasteiger partial charge in [0.05, 0.1) is 17.9 Å². The van der Waals surface area contributed by atoms with Crippen molar-refractivity contribution in [3.63, 3.8) is 0 Å². The molecule has 0 aliphatic heterocycles. The summed E-state index contributed by atoms with van der Waals surface area (Å²) in [7, 11) is 0. The molecule has 12 heteroatoms. The standard InChI is InChI=1S/C23H20F4N2O6/c1-11(22(33)34)10-28-18(31)9-15-12(2)29(16-7-8-17(30)20(24)19(15)16)21(32)13-3-5-14(6-4-13)35-23(25,26)27/h3-8,11,30H,9-10H2,1-2H3,(H,28,31)(H,33,34). The number of nitrogens with zero attached hydrogens (tertiary/aromatic N) is 1. The number of aliphatic carboxylic acids is 1. The molecule has 35 heavy (non-hydrogen) atoms. The Bertz CT molecular complexity index is 1300. The number of amides is 1. The van der Waals surface area contributed by atoms with Crippen LogP contribution in [0.25, 0.3) is 10.9 Å². The molecule has 1 aromatic heterocycles. The van der Waals surface area contributed by atoms with Gasteiger partial charge in [-0.2, -0.15) is 0 Å². The third kappa shape index (κ3) is 5.53. The van der Waals surface area contributed by atoms with Gasteiger partial charge in [0.25, 0.3) is 5.91 Å². The Morgan fingerprint density at radius 2 is 1.74 bits per heavy atom. The number of aromatic hydroxyl groups is 1. The average molecular weight is 496 g/mol. The third-order valence-electron chi connectivity index (χ3n) is 5.32. The van der Waals surface area contributed by atoms with Crippen molar-refractivity contribution < 1.29 is 46.9 Å². The lowest BCUT2D eigenvalue weighted by Crippen LogP contribution is -2.32. The quantitative estimate of drug-likeness (QED) is 0.429. The van der Waals surface area contributed by atoms with Crippen LogP contribution < -0.4 is 10.1 Å². The van der Waals surface area contributed by atoms with Crippen LogP contribution >= 0.6 is 0 Å². The van der Waals surface area contributed by atoms with Crippen molar-refractivity contribution in [2.45, 2.75) is 26.6 Å². The summed E-state index contributed by atoms with van der Waals surface area (Å²) >= 11 is 0. The van der Waals surface area contributed by atoms with Crippen molar-refractivity contribution in [1.29, 1.82) is 0 Å². The minimum absolute atomic E-state index is 0.0279. The van der Waals surface area contributed by atoms with Crippen molar-refractivity contribution in [1.82, 2.24) is 9.88 Å². The zero-order valence-corrected chi connectivity index (χ0v) is 18.4. The number of phenolic OH excluding ortho intramolecular Hbond substituents is 1. The molecule has 8 nitrogen and oxygen atoms in total. The van der Waals surface area contributed by atoms with E-state index in [9.17, 15) is 37.1 Å². The molecule has 0 aliphatic carbocycles. The second-order valence-corrected chi connectivity index (χ2v) is 7.79. The summed E-state index contributed by atoms with van der Waals surface area (Å²) in [5, 5.41) is 21.0. The van der Waals surface area contributed by atoms with E-state index < -0.39 is 53.8 Å². The van der Waals surface area contributed by atoms with E-state index in [2.05, 4.69) is 10.1 Å². The smallest absolute Gasteiger partial charge is 0.505 e. The number of alkyl halides is 3. The van der Waals surface area contributed by atoms with Gasteiger partial charge in [-0.05, 0) is 48.9 Å². The Morgan fingerprint density at radius 3 is 2.31 bits per heavy atom. The molecule has 0 bridgehead atoms. The molecule has 0 aliphatic rings. The molecule has 0 saturated heterocycles. The summed E-state index contributed by atoms with van der Waals surface area (Å²) in [5.74, 6) is -5.65. The Morgan fingerprint density at radius 1 is 1.11 bits per heavy atom. The molecule has 1 atom stereocenters. The molecule has 0 saturated carbocycles. The van der Waals surface area contributed by atoms with E-state index in [1.54, 1.807) is 0 Å². The summed E-state index contributed by atoms with van der Waals surface area (Å²) < 4.78 is 57.0. The van der Waals surface area contributed by atoms with Gasteiger partial charge < -0.3 is 20.3 Å². The molecular weight excluding hydrogens is 476 g/mol. The van der Waals surface area contributed by atoms with Crippen molar-refractivity contribution in [3.8, 4) is 11.5 Å². The van der Waals surface area contributed by atoms with E-state index in [1.165, 1.54) is 19.9 Å². The predicted molar refractivity (Wildman–Crippen MR) is 115 cm³/mol. The number of carboxylic acid groups (broad SMARTS) is 1. The molecule has 1 amide bonds. The maximum absolute atomic E-state index is 14.9. The topological polar surface area (TPSA) is 118 Å². The second kappa shape index (κ2) is 9.65. The lowest BCUT2D eigenvalue weighted by molar-refractivity contribution is -0.274. The predicted octanol–water partition coefficient (Wildman–Crippen LogP) is 3.76. The Labute approximate surface area is 195 Å². The van der Waals surface area contributed by atoms with E-state index >= 15 is 0 Å². The second-order valence-electron chi connectivity index (χ2n) is 7.79. The zero-order valence-electron chi connectivity index (χ0n) is 18.4. The Balaban J connectivity index is 2.00. The summed E-state index contributed by atoms with van der Waals surface area (Å²) in [5.41, 5.74) is 0.227. The van der Waals surface area contributed by atoms with E-state index in [0.717, 1.165) is 34.9 Å². The van der Waals surface area contributed by atoms with Gasteiger partial charge in [-0.15, -0.1) is 13.2 Å². The fraction of sp³-hybridized carbons (Fsp3) is 0.261. The molecule has 1 unspecified atom stereocenters. The maximum Gasteiger partial charge on any atom is 0.573 e. The summed E-state index contributed by atoms with van der Waals surface area (Å²) in [4.78, 5) is 36.6. The largest absolute Gasteiger partial charge is 0.573 e. The first-order valence-corrected chi connectivity index (χ1v) is 10.2. The summed E-state index contributed by atoms with van der Waals surface area (Å²) in [6.07, 6.45) is -5.33. The normalized spacial score (nSPS) is 12.4. The number of hydrogen-bond acceptors (Lipinski definition) is 5. The monoisotopic (exact) mass is 496 g/mol. The lowest BCUT2D eigenvalue weighted by atomic mass is 10.1. The molecule has 3 rings (SSSR count). The van der Waals surface area contributed by atoms with Crippen LogP contribution in [-0.2, 0) is 16.0 Å². The molecule has 0 spiro atoms. The van der Waals surface area contributed by atoms with Crippen molar-refractivity contribution >= 4 is 28.7 Å². The highest BCUT2D eigenvalue weighted by molar-refractivity contribution is 6.05. The number of aromatic nitrogens is 1. The van der Waals surface area contributed by atoms with Crippen LogP contribution in [-0.4, -0.2) is 45.5 Å². The fourth-order valence-corrected chi connectivity index (χ4v) is 3.51. The van der Waals surface area contributed by atoms with Gasteiger partial charge in [0.15, 0.2) is 11.6 Å². The van der Waals surface area contributed by atoms with Gasteiger partial charge >= 0.3 is 12.3 Å². The number of halogens is 4. The van der Waals surface area contributed by atoms with Crippen LogP contribution in [0.1, 0.15) is 28.5 Å². The number of phenols is 1. The number of ether oxygens (including phenoxy) is 1. The van der Waals surface area contributed by atoms with Crippen LogP contribution in [0.5, 0.6) is 11.5 Å².